The zero-order valence-electron chi connectivity index (χ0n) is 15.3. The second kappa shape index (κ2) is 6.53. The predicted octanol–water partition coefficient (Wildman–Crippen LogP) is 2.80. The lowest BCUT2D eigenvalue weighted by Crippen LogP contribution is -2.42. The molecule has 2 aromatic heterocycles. The van der Waals surface area contributed by atoms with E-state index < -0.39 is 0 Å². The molecule has 0 radical (unpaired) electrons. The van der Waals surface area contributed by atoms with Crippen LogP contribution in [0.3, 0.4) is 0 Å². The molecule has 0 bridgehead atoms. The Labute approximate surface area is 152 Å². The molecular weight excluding hydrogens is 328 g/mol. The van der Waals surface area contributed by atoms with Gasteiger partial charge in [0.2, 0.25) is 0 Å². The third-order valence-corrected chi connectivity index (χ3v) is 4.85. The molecule has 3 heterocycles. The highest BCUT2D eigenvalue weighted by Gasteiger charge is 2.28. The molecule has 1 amide bonds. The summed E-state index contributed by atoms with van der Waals surface area (Å²) in [6.07, 6.45) is -0.0951. The molecular formula is C20H22N4O2. The summed E-state index contributed by atoms with van der Waals surface area (Å²) in [4.78, 5) is 19.7. The van der Waals surface area contributed by atoms with Crippen LogP contribution in [0.2, 0.25) is 0 Å². The number of aromatic nitrogens is 3. The number of pyridine rings is 1. The van der Waals surface area contributed by atoms with Crippen LogP contribution in [0.1, 0.15) is 33.4 Å². The topological polar surface area (TPSA) is 60.3 Å². The van der Waals surface area contributed by atoms with Crippen molar-refractivity contribution in [2.24, 2.45) is 7.05 Å². The molecule has 4 rings (SSSR count). The van der Waals surface area contributed by atoms with Crippen LogP contribution in [-0.4, -0.2) is 45.3 Å². The lowest BCUT2D eigenvalue weighted by atomic mass is 10.1. The minimum absolute atomic E-state index is 0.0147. The van der Waals surface area contributed by atoms with Crippen molar-refractivity contribution in [2.75, 3.05) is 19.7 Å². The Hall–Kier alpha value is -2.73. The average molecular weight is 350 g/mol. The first-order valence-corrected chi connectivity index (χ1v) is 8.81. The molecule has 1 saturated heterocycles. The van der Waals surface area contributed by atoms with Crippen LogP contribution >= 0.6 is 0 Å². The summed E-state index contributed by atoms with van der Waals surface area (Å²) in [6.45, 7) is 5.49. The number of benzene rings is 1. The first-order chi connectivity index (χ1) is 12.5. The molecule has 1 aliphatic rings. The number of amides is 1. The van der Waals surface area contributed by atoms with Crippen molar-refractivity contribution in [1.29, 1.82) is 0 Å². The number of morpholine rings is 1. The van der Waals surface area contributed by atoms with Crippen LogP contribution in [0, 0.1) is 13.8 Å². The molecule has 26 heavy (non-hydrogen) atoms. The fourth-order valence-corrected chi connectivity index (χ4v) is 3.61. The molecule has 1 fully saturated rings. The van der Waals surface area contributed by atoms with E-state index in [1.807, 2.05) is 62.2 Å². The van der Waals surface area contributed by atoms with Crippen molar-refractivity contribution < 1.29 is 9.53 Å². The monoisotopic (exact) mass is 350 g/mol. The predicted molar refractivity (Wildman–Crippen MR) is 99.0 cm³/mol. The minimum Gasteiger partial charge on any atom is -0.370 e. The van der Waals surface area contributed by atoms with E-state index in [9.17, 15) is 4.79 Å². The summed E-state index contributed by atoms with van der Waals surface area (Å²) in [5, 5.41) is 5.28. The number of carbonyl (C=O) groups is 1. The third kappa shape index (κ3) is 2.86. The Morgan fingerprint density at radius 2 is 2.00 bits per heavy atom. The van der Waals surface area contributed by atoms with Crippen molar-refractivity contribution in [2.45, 2.75) is 20.0 Å². The summed E-state index contributed by atoms with van der Waals surface area (Å²) in [5.74, 6) is 0.0147. The van der Waals surface area contributed by atoms with Crippen molar-refractivity contribution in [3.63, 3.8) is 0 Å². The van der Waals surface area contributed by atoms with Gasteiger partial charge in [0, 0.05) is 19.3 Å². The minimum atomic E-state index is -0.0951. The third-order valence-electron chi connectivity index (χ3n) is 4.85. The summed E-state index contributed by atoms with van der Waals surface area (Å²) in [7, 11) is 1.86. The van der Waals surface area contributed by atoms with Gasteiger partial charge in [-0.15, -0.1) is 0 Å². The van der Waals surface area contributed by atoms with Gasteiger partial charge in [-0.2, -0.15) is 5.10 Å². The molecule has 0 unspecified atom stereocenters. The van der Waals surface area contributed by atoms with Gasteiger partial charge in [0.1, 0.15) is 6.10 Å². The van der Waals surface area contributed by atoms with Gasteiger partial charge in [0.25, 0.3) is 5.91 Å². The highest BCUT2D eigenvalue weighted by Crippen LogP contribution is 2.26. The van der Waals surface area contributed by atoms with Gasteiger partial charge in [-0.3, -0.25) is 9.48 Å². The van der Waals surface area contributed by atoms with E-state index in [4.69, 9.17) is 4.74 Å². The maximum atomic E-state index is 13.3. The van der Waals surface area contributed by atoms with E-state index in [0.29, 0.717) is 25.3 Å². The SMILES string of the molecule is Cc1cc(C(=O)N2CCO[C@H](c3ccccc3)C2)c2c(C)nn(C)c2n1. The molecule has 1 aliphatic heterocycles. The van der Waals surface area contributed by atoms with Crippen LogP contribution in [-0.2, 0) is 11.8 Å². The fourth-order valence-electron chi connectivity index (χ4n) is 3.61. The maximum Gasteiger partial charge on any atom is 0.254 e. The molecule has 0 saturated carbocycles. The Kier molecular flexibility index (Phi) is 4.20. The van der Waals surface area contributed by atoms with Gasteiger partial charge in [0.15, 0.2) is 5.65 Å². The van der Waals surface area contributed by atoms with E-state index >= 15 is 0 Å². The summed E-state index contributed by atoms with van der Waals surface area (Å²) < 4.78 is 7.63. The molecule has 6 nitrogen and oxygen atoms in total. The Morgan fingerprint density at radius 3 is 2.77 bits per heavy atom. The fraction of sp³-hybridized carbons (Fsp3) is 0.350. The largest absolute Gasteiger partial charge is 0.370 e. The number of hydrogen-bond donors (Lipinski definition) is 0. The van der Waals surface area contributed by atoms with E-state index in [1.165, 1.54) is 0 Å². The van der Waals surface area contributed by atoms with Gasteiger partial charge in [0.05, 0.1) is 29.8 Å². The molecule has 0 spiro atoms. The normalized spacial score (nSPS) is 17.7. The van der Waals surface area contributed by atoms with Crippen molar-refractivity contribution >= 4 is 16.9 Å². The second-order valence-electron chi connectivity index (χ2n) is 6.74. The summed E-state index contributed by atoms with van der Waals surface area (Å²) >= 11 is 0. The standard InChI is InChI=1S/C20H22N4O2/c1-13-11-16(18-14(2)22-23(3)19(18)21-13)20(25)24-9-10-26-17(12-24)15-7-5-4-6-8-15/h4-8,11,17H,9-10,12H2,1-3H3/t17-/m0/s1. The van der Waals surface area contributed by atoms with Crippen LogP contribution < -0.4 is 0 Å². The average Bonchev–Trinajstić information content (AvgIpc) is 2.95. The molecule has 1 aromatic carbocycles. The molecule has 0 aliphatic carbocycles. The number of aryl methyl sites for hydroxylation is 3. The number of hydrogen-bond acceptors (Lipinski definition) is 4. The molecule has 0 N–H and O–H groups in total. The number of fused-ring (bicyclic) bond motifs is 1. The molecule has 3 aromatic rings. The zero-order chi connectivity index (χ0) is 18.3. The van der Waals surface area contributed by atoms with Crippen LogP contribution in [0.15, 0.2) is 36.4 Å². The lowest BCUT2D eigenvalue weighted by Gasteiger charge is -2.33. The lowest BCUT2D eigenvalue weighted by molar-refractivity contribution is -0.0227. The van der Waals surface area contributed by atoms with E-state index in [-0.39, 0.29) is 12.0 Å². The first-order valence-electron chi connectivity index (χ1n) is 8.81. The number of ether oxygens (including phenoxy) is 1. The Balaban J connectivity index is 1.69. The number of rotatable bonds is 2. The second-order valence-corrected chi connectivity index (χ2v) is 6.74. The number of nitrogens with zero attached hydrogens (tertiary/aromatic N) is 4. The van der Waals surface area contributed by atoms with Gasteiger partial charge >= 0.3 is 0 Å². The Bertz CT molecular complexity index is 965. The molecule has 1 atom stereocenters. The van der Waals surface area contributed by atoms with Crippen molar-refractivity contribution in [3.8, 4) is 0 Å². The van der Waals surface area contributed by atoms with Crippen LogP contribution in [0.5, 0.6) is 0 Å². The number of carbonyl (C=O) groups excluding carboxylic acids is 1. The van der Waals surface area contributed by atoms with E-state index in [2.05, 4.69) is 10.1 Å². The Morgan fingerprint density at radius 1 is 1.23 bits per heavy atom. The zero-order valence-corrected chi connectivity index (χ0v) is 15.3. The maximum absolute atomic E-state index is 13.3. The highest BCUT2D eigenvalue weighted by molar-refractivity contribution is 6.06. The first kappa shape index (κ1) is 16.7. The quantitative estimate of drug-likeness (QED) is 0.713. The van der Waals surface area contributed by atoms with Crippen molar-refractivity contribution in [1.82, 2.24) is 19.7 Å². The van der Waals surface area contributed by atoms with Crippen molar-refractivity contribution in [3.05, 3.63) is 58.9 Å². The summed E-state index contributed by atoms with van der Waals surface area (Å²) in [5.41, 5.74) is 4.16. The van der Waals surface area contributed by atoms with Gasteiger partial charge in [-0.25, -0.2) is 4.98 Å². The van der Waals surface area contributed by atoms with E-state index in [0.717, 1.165) is 28.0 Å². The van der Waals surface area contributed by atoms with Crippen LogP contribution in [0.4, 0.5) is 0 Å². The molecule has 134 valence electrons. The van der Waals surface area contributed by atoms with Gasteiger partial charge in [-0.05, 0) is 25.5 Å². The smallest absolute Gasteiger partial charge is 0.254 e. The van der Waals surface area contributed by atoms with Gasteiger partial charge < -0.3 is 9.64 Å². The summed E-state index contributed by atoms with van der Waals surface area (Å²) in [6, 6.07) is 11.9. The van der Waals surface area contributed by atoms with E-state index in [1.54, 1.807) is 4.68 Å². The molecule has 6 heteroatoms. The van der Waals surface area contributed by atoms with Crippen LogP contribution in [0.25, 0.3) is 11.0 Å². The van der Waals surface area contributed by atoms with Gasteiger partial charge in [-0.1, -0.05) is 30.3 Å². The highest BCUT2D eigenvalue weighted by atomic mass is 16.5.